The molecule has 0 heterocycles. The molecule has 78 valence electrons. The molecule has 0 amide bonds. The minimum absolute atomic E-state index is 0.158. The Labute approximate surface area is 80.6 Å². The van der Waals surface area contributed by atoms with Crippen LogP contribution in [0.15, 0.2) is 0 Å². The highest BCUT2D eigenvalue weighted by Gasteiger charge is 2.16. The van der Waals surface area contributed by atoms with Gasteiger partial charge in [-0.3, -0.25) is 4.79 Å². The van der Waals surface area contributed by atoms with Crippen LogP contribution < -0.4 is 5.73 Å². The average molecular weight is 187 g/mol. The minimum Gasteiger partial charge on any atom is -0.370 e. The smallest absolute Gasteiger partial charge is 0.161 e. The van der Waals surface area contributed by atoms with Gasteiger partial charge in [-0.25, -0.2) is 0 Å². The van der Waals surface area contributed by atoms with Crippen molar-refractivity contribution < 1.29 is 9.53 Å². The van der Waals surface area contributed by atoms with Crippen molar-refractivity contribution in [1.82, 2.24) is 0 Å². The fourth-order valence-electron chi connectivity index (χ4n) is 1.02. The number of ketones is 1. The highest BCUT2D eigenvalue weighted by molar-refractivity contribution is 5.82. The molecule has 0 spiro atoms. The number of Topliss-reactive ketones (excluding diaryl/α,β-unsaturated/α-hetero) is 1. The molecule has 0 rings (SSSR count). The first-order valence-electron chi connectivity index (χ1n) is 4.96. The van der Waals surface area contributed by atoms with E-state index in [1.807, 2.05) is 6.92 Å². The predicted molar refractivity (Wildman–Crippen MR) is 53.5 cm³/mol. The minimum atomic E-state index is -0.280. The van der Waals surface area contributed by atoms with Crippen LogP contribution in [0.1, 0.15) is 33.6 Å². The molecule has 3 heteroatoms. The molecule has 0 aliphatic carbocycles. The second-order valence-electron chi connectivity index (χ2n) is 3.61. The quantitative estimate of drug-likeness (QED) is 0.654. The lowest BCUT2D eigenvalue weighted by atomic mass is 10.1. The molecule has 0 aromatic heterocycles. The summed E-state index contributed by atoms with van der Waals surface area (Å²) in [5, 5.41) is 0. The van der Waals surface area contributed by atoms with E-state index < -0.39 is 0 Å². The van der Waals surface area contributed by atoms with E-state index >= 15 is 0 Å². The molecule has 0 aromatic carbocycles. The molecule has 0 fully saturated rings. The summed E-state index contributed by atoms with van der Waals surface area (Å²) in [5.41, 5.74) is 5.40. The van der Waals surface area contributed by atoms with Crippen molar-refractivity contribution in [2.24, 2.45) is 11.7 Å². The highest BCUT2D eigenvalue weighted by Crippen LogP contribution is 2.05. The lowest BCUT2D eigenvalue weighted by molar-refractivity contribution is -0.131. The average Bonchev–Trinajstić information content (AvgIpc) is 2.10. The Morgan fingerprint density at radius 1 is 1.46 bits per heavy atom. The number of hydrogen-bond acceptors (Lipinski definition) is 3. The van der Waals surface area contributed by atoms with E-state index in [0.717, 1.165) is 0 Å². The highest BCUT2D eigenvalue weighted by atomic mass is 16.5. The Kier molecular flexibility index (Phi) is 6.82. The van der Waals surface area contributed by atoms with Crippen molar-refractivity contribution in [2.45, 2.75) is 39.7 Å². The summed E-state index contributed by atoms with van der Waals surface area (Å²) in [5.74, 6) is 0.621. The van der Waals surface area contributed by atoms with Gasteiger partial charge in [-0.05, 0) is 18.9 Å². The normalized spacial score (nSPS) is 13.3. The molecule has 0 saturated carbocycles. The van der Waals surface area contributed by atoms with Crippen LogP contribution in [-0.2, 0) is 9.53 Å². The zero-order chi connectivity index (χ0) is 10.3. The molecule has 3 nitrogen and oxygen atoms in total. The molecule has 1 unspecified atom stereocenters. The first-order valence-corrected chi connectivity index (χ1v) is 4.96. The molecule has 0 aromatic rings. The molecular weight excluding hydrogens is 166 g/mol. The summed E-state index contributed by atoms with van der Waals surface area (Å²) in [6.45, 7) is 7.13. The molecule has 0 bridgehead atoms. The van der Waals surface area contributed by atoms with Crippen LogP contribution in [0.3, 0.4) is 0 Å². The number of rotatable bonds is 7. The third-order valence-corrected chi connectivity index (χ3v) is 1.77. The van der Waals surface area contributed by atoms with Crippen LogP contribution in [0.25, 0.3) is 0 Å². The van der Waals surface area contributed by atoms with Crippen LogP contribution >= 0.6 is 0 Å². The van der Waals surface area contributed by atoms with E-state index in [4.69, 9.17) is 10.5 Å². The maximum atomic E-state index is 11.3. The maximum absolute atomic E-state index is 11.3. The van der Waals surface area contributed by atoms with Gasteiger partial charge in [0.15, 0.2) is 5.78 Å². The monoisotopic (exact) mass is 187 g/mol. The zero-order valence-electron chi connectivity index (χ0n) is 8.88. The second kappa shape index (κ2) is 7.04. The van der Waals surface area contributed by atoms with Gasteiger partial charge in [0.2, 0.25) is 0 Å². The van der Waals surface area contributed by atoms with Gasteiger partial charge in [0.25, 0.3) is 0 Å². The van der Waals surface area contributed by atoms with Crippen LogP contribution in [-0.4, -0.2) is 25.0 Å². The Morgan fingerprint density at radius 3 is 2.46 bits per heavy atom. The lowest BCUT2D eigenvalue weighted by Crippen LogP contribution is -2.28. The van der Waals surface area contributed by atoms with Crippen LogP contribution in [0, 0.1) is 5.92 Å². The molecule has 0 aliphatic rings. The summed E-state index contributed by atoms with van der Waals surface area (Å²) < 4.78 is 5.47. The lowest BCUT2D eigenvalue weighted by Gasteiger charge is -2.16. The zero-order valence-corrected chi connectivity index (χ0v) is 8.88. The summed E-state index contributed by atoms with van der Waals surface area (Å²) >= 11 is 0. The standard InChI is InChI=1S/C10H21NO2/c1-4-9(12)10(5-6-11)13-7-8(2)3/h8,10H,4-7,11H2,1-3H3. The van der Waals surface area contributed by atoms with Crippen molar-refractivity contribution in [1.29, 1.82) is 0 Å². The van der Waals surface area contributed by atoms with E-state index in [-0.39, 0.29) is 11.9 Å². The van der Waals surface area contributed by atoms with Gasteiger partial charge >= 0.3 is 0 Å². The first-order chi connectivity index (χ1) is 6.11. The molecule has 13 heavy (non-hydrogen) atoms. The van der Waals surface area contributed by atoms with Crippen LogP contribution in [0.4, 0.5) is 0 Å². The predicted octanol–water partition coefficient (Wildman–Crippen LogP) is 1.36. The molecule has 1 atom stereocenters. The van der Waals surface area contributed by atoms with Crippen molar-refractivity contribution in [2.75, 3.05) is 13.2 Å². The number of carbonyl (C=O) groups excluding carboxylic acids is 1. The van der Waals surface area contributed by atoms with Gasteiger partial charge in [0.1, 0.15) is 6.10 Å². The van der Waals surface area contributed by atoms with E-state index in [1.165, 1.54) is 0 Å². The molecule has 2 N–H and O–H groups in total. The topological polar surface area (TPSA) is 52.3 Å². The summed E-state index contributed by atoms with van der Waals surface area (Å²) in [7, 11) is 0. The fourth-order valence-corrected chi connectivity index (χ4v) is 1.02. The number of carbonyl (C=O) groups is 1. The number of ether oxygens (including phenoxy) is 1. The Balaban J connectivity index is 3.86. The Hall–Kier alpha value is -0.410. The van der Waals surface area contributed by atoms with E-state index in [2.05, 4.69) is 13.8 Å². The summed E-state index contributed by atoms with van der Waals surface area (Å²) in [6, 6.07) is 0. The molecule has 0 radical (unpaired) electrons. The van der Waals surface area contributed by atoms with E-state index in [0.29, 0.717) is 31.9 Å². The first kappa shape index (κ1) is 12.6. The maximum Gasteiger partial charge on any atom is 0.161 e. The fraction of sp³-hybridized carbons (Fsp3) is 0.900. The van der Waals surface area contributed by atoms with Crippen molar-refractivity contribution in [3.63, 3.8) is 0 Å². The molecule has 0 aliphatic heterocycles. The summed E-state index contributed by atoms with van der Waals surface area (Å²) in [4.78, 5) is 11.3. The Morgan fingerprint density at radius 2 is 2.08 bits per heavy atom. The van der Waals surface area contributed by atoms with Gasteiger partial charge in [-0.1, -0.05) is 20.8 Å². The number of hydrogen-bond donors (Lipinski definition) is 1. The van der Waals surface area contributed by atoms with Crippen LogP contribution in [0.2, 0.25) is 0 Å². The second-order valence-corrected chi connectivity index (χ2v) is 3.61. The van der Waals surface area contributed by atoms with Crippen molar-refractivity contribution in [3.8, 4) is 0 Å². The van der Waals surface area contributed by atoms with E-state index in [9.17, 15) is 4.79 Å². The Bertz CT molecular complexity index is 146. The third kappa shape index (κ3) is 5.77. The van der Waals surface area contributed by atoms with Gasteiger partial charge in [0, 0.05) is 13.0 Å². The van der Waals surface area contributed by atoms with Gasteiger partial charge in [-0.2, -0.15) is 0 Å². The summed E-state index contributed by atoms with van der Waals surface area (Å²) in [6.07, 6.45) is 0.889. The van der Waals surface area contributed by atoms with Gasteiger partial charge in [0.05, 0.1) is 0 Å². The molecule has 0 saturated heterocycles. The van der Waals surface area contributed by atoms with Crippen molar-refractivity contribution in [3.05, 3.63) is 0 Å². The largest absolute Gasteiger partial charge is 0.370 e. The molecular formula is C10H21NO2. The van der Waals surface area contributed by atoms with Crippen molar-refractivity contribution >= 4 is 5.78 Å². The van der Waals surface area contributed by atoms with E-state index in [1.54, 1.807) is 0 Å². The third-order valence-electron chi connectivity index (χ3n) is 1.77. The van der Waals surface area contributed by atoms with Crippen LogP contribution in [0.5, 0.6) is 0 Å². The van der Waals surface area contributed by atoms with Gasteiger partial charge < -0.3 is 10.5 Å². The van der Waals surface area contributed by atoms with Gasteiger partial charge in [-0.15, -0.1) is 0 Å². The SMILES string of the molecule is CCC(=O)C(CCN)OCC(C)C. The number of nitrogens with two attached hydrogens (primary N) is 1.